The van der Waals surface area contributed by atoms with Crippen LogP contribution in [0.3, 0.4) is 0 Å². The second-order valence-electron chi connectivity index (χ2n) is 9.89. The molecule has 0 aliphatic carbocycles. The molecule has 0 spiro atoms. The summed E-state index contributed by atoms with van der Waals surface area (Å²) in [5, 5.41) is 0. The van der Waals surface area contributed by atoms with E-state index in [1.807, 2.05) is 84.9 Å². The van der Waals surface area contributed by atoms with Crippen LogP contribution >= 0.6 is 0 Å². The molecule has 0 bridgehead atoms. The number of ether oxygens (including phenoxy) is 2. The Balaban J connectivity index is 1.17. The summed E-state index contributed by atoms with van der Waals surface area (Å²) >= 11 is 0. The molecular weight excluding hydrogens is 504 g/mol. The number of nitrogens with zero attached hydrogens (tertiary/aromatic N) is 2. The molecule has 0 saturated carbocycles. The second-order valence-corrected chi connectivity index (χ2v) is 9.89. The summed E-state index contributed by atoms with van der Waals surface area (Å²) in [6.07, 6.45) is 0. The van der Waals surface area contributed by atoms with Gasteiger partial charge in [0, 0.05) is 0 Å². The molecule has 7 heteroatoms. The quantitative estimate of drug-likeness (QED) is 0.212. The fourth-order valence-corrected chi connectivity index (χ4v) is 5.15. The fraction of sp³-hybridized carbons (Fsp3) is 0.182. The van der Waals surface area contributed by atoms with Gasteiger partial charge >= 0.3 is 0 Å². The number of hydrogen-bond donors (Lipinski definition) is 0. The first-order valence-electron chi connectivity index (χ1n) is 13.3. The van der Waals surface area contributed by atoms with Crippen molar-refractivity contribution in [1.82, 2.24) is 9.80 Å². The van der Waals surface area contributed by atoms with E-state index in [4.69, 9.17) is 9.47 Å². The van der Waals surface area contributed by atoms with E-state index in [0.717, 1.165) is 27.3 Å². The highest BCUT2D eigenvalue weighted by Gasteiger charge is 2.51. The molecule has 1 saturated heterocycles. The van der Waals surface area contributed by atoms with Crippen LogP contribution in [0.5, 0.6) is 5.75 Å². The first kappa shape index (κ1) is 25.5. The smallest absolute Gasteiger partial charge is 0.262 e. The molecule has 3 amide bonds. The number of rotatable bonds is 10. The molecule has 7 nitrogen and oxygen atoms in total. The number of hydrogen-bond acceptors (Lipinski definition) is 5. The van der Waals surface area contributed by atoms with E-state index in [0.29, 0.717) is 24.3 Å². The number of β-lactam (4-membered cyclic amide) rings is 1. The van der Waals surface area contributed by atoms with Gasteiger partial charge in [-0.3, -0.25) is 19.3 Å². The average Bonchev–Trinajstić information content (AvgIpc) is 3.25. The Kier molecular flexibility index (Phi) is 7.12. The lowest BCUT2D eigenvalue weighted by Gasteiger charge is -2.46. The maximum absolute atomic E-state index is 13.5. The molecule has 6 rings (SSSR count). The van der Waals surface area contributed by atoms with Gasteiger partial charge in [0.15, 0.2) is 0 Å². The monoisotopic (exact) mass is 532 g/mol. The number of amides is 3. The van der Waals surface area contributed by atoms with Crippen LogP contribution < -0.4 is 4.74 Å². The zero-order chi connectivity index (χ0) is 27.5. The second kappa shape index (κ2) is 11.2. The van der Waals surface area contributed by atoms with Crippen molar-refractivity contribution in [2.24, 2.45) is 0 Å². The van der Waals surface area contributed by atoms with Gasteiger partial charge in [0.2, 0.25) is 5.91 Å². The molecule has 0 N–H and O–H groups in total. The minimum Gasteiger partial charge on any atom is -0.489 e. The van der Waals surface area contributed by atoms with E-state index in [-0.39, 0.29) is 25.1 Å². The summed E-state index contributed by atoms with van der Waals surface area (Å²) in [7, 11) is 0. The Morgan fingerprint density at radius 1 is 0.675 bits per heavy atom. The Morgan fingerprint density at radius 3 is 1.80 bits per heavy atom. The number of fused-ring (bicyclic) bond motifs is 1. The lowest BCUT2D eigenvalue weighted by Crippen LogP contribution is -2.66. The van der Waals surface area contributed by atoms with Crippen molar-refractivity contribution in [2.75, 3.05) is 13.2 Å². The topological polar surface area (TPSA) is 76.2 Å². The Labute approximate surface area is 232 Å². The van der Waals surface area contributed by atoms with Crippen molar-refractivity contribution in [3.63, 3.8) is 0 Å². The highest BCUT2D eigenvalue weighted by atomic mass is 16.5. The van der Waals surface area contributed by atoms with Gasteiger partial charge in [0.1, 0.15) is 18.4 Å². The van der Waals surface area contributed by atoms with Crippen LogP contribution in [-0.4, -0.2) is 46.7 Å². The Hall–Kier alpha value is -4.75. The molecule has 200 valence electrons. The van der Waals surface area contributed by atoms with E-state index < -0.39 is 17.9 Å². The molecule has 2 heterocycles. The van der Waals surface area contributed by atoms with Crippen LogP contribution in [0.15, 0.2) is 109 Å². The molecule has 4 aromatic carbocycles. The van der Waals surface area contributed by atoms with Crippen molar-refractivity contribution < 1.29 is 23.9 Å². The molecule has 2 aliphatic rings. The summed E-state index contributed by atoms with van der Waals surface area (Å²) in [4.78, 5) is 42.2. The lowest BCUT2D eigenvalue weighted by atomic mass is 9.97. The summed E-state index contributed by atoms with van der Waals surface area (Å²) in [6.45, 7) is 1.37. The summed E-state index contributed by atoms with van der Waals surface area (Å²) < 4.78 is 12.0. The third-order valence-corrected chi connectivity index (χ3v) is 7.35. The molecule has 40 heavy (non-hydrogen) atoms. The van der Waals surface area contributed by atoms with E-state index in [2.05, 4.69) is 0 Å². The van der Waals surface area contributed by atoms with Crippen molar-refractivity contribution >= 4 is 17.7 Å². The van der Waals surface area contributed by atoms with Gasteiger partial charge in [0.05, 0.1) is 36.9 Å². The first-order valence-corrected chi connectivity index (χ1v) is 13.3. The predicted octanol–water partition coefficient (Wildman–Crippen LogP) is 5.03. The van der Waals surface area contributed by atoms with Gasteiger partial charge in [-0.1, -0.05) is 84.9 Å². The van der Waals surface area contributed by atoms with Gasteiger partial charge in [0.25, 0.3) is 11.8 Å². The molecule has 2 aliphatic heterocycles. The number of likely N-dealkylation sites (tertiary alicyclic amines) is 1. The number of carbonyl (C=O) groups excluding carboxylic acids is 3. The van der Waals surface area contributed by atoms with Crippen LogP contribution in [0.1, 0.15) is 43.4 Å². The SMILES string of the molecule is O=C1[C@H](N2C(=O)c3ccccc3C2=O)CN1[C@H](COCc1ccccc1)c1ccc(OCc2ccccc2)cc1. The zero-order valence-corrected chi connectivity index (χ0v) is 21.8. The molecular formula is C33H28N2O5. The standard InChI is InChI=1S/C33H28N2O5/c36-31-27-13-7-8-14-28(27)32(37)35(31)29-19-34(33(29)38)30(22-39-20-23-9-3-1-4-10-23)25-15-17-26(18-16-25)40-21-24-11-5-2-6-12-24/h1-18,29-30H,19-22H2/t29-,30-/m1/s1. The average molecular weight is 533 g/mol. The largest absolute Gasteiger partial charge is 0.489 e. The summed E-state index contributed by atoms with van der Waals surface area (Å²) in [6, 6.07) is 32.9. The van der Waals surface area contributed by atoms with Gasteiger partial charge < -0.3 is 14.4 Å². The third-order valence-electron chi connectivity index (χ3n) is 7.35. The van der Waals surface area contributed by atoms with E-state index in [1.165, 1.54) is 0 Å². The normalized spacial score (nSPS) is 17.0. The maximum Gasteiger partial charge on any atom is 0.262 e. The fourth-order valence-electron chi connectivity index (χ4n) is 5.15. The van der Waals surface area contributed by atoms with Crippen molar-refractivity contribution in [3.05, 3.63) is 137 Å². The molecule has 0 radical (unpaired) electrons. The highest BCUT2D eigenvalue weighted by Crippen LogP contribution is 2.34. The Morgan fingerprint density at radius 2 is 1.23 bits per heavy atom. The molecule has 4 aromatic rings. The van der Waals surface area contributed by atoms with Crippen molar-refractivity contribution in [2.45, 2.75) is 25.3 Å². The van der Waals surface area contributed by atoms with E-state index in [9.17, 15) is 14.4 Å². The van der Waals surface area contributed by atoms with Crippen LogP contribution in [0.4, 0.5) is 0 Å². The zero-order valence-electron chi connectivity index (χ0n) is 21.8. The van der Waals surface area contributed by atoms with Crippen LogP contribution in [0.25, 0.3) is 0 Å². The van der Waals surface area contributed by atoms with Gasteiger partial charge in [-0.2, -0.15) is 0 Å². The van der Waals surface area contributed by atoms with Crippen LogP contribution in [-0.2, 0) is 22.7 Å². The van der Waals surface area contributed by atoms with Gasteiger partial charge in [-0.25, -0.2) is 0 Å². The first-order chi connectivity index (χ1) is 19.6. The highest BCUT2D eigenvalue weighted by molar-refractivity contribution is 6.23. The van der Waals surface area contributed by atoms with E-state index in [1.54, 1.807) is 29.2 Å². The molecule has 1 fully saturated rings. The Bertz CT molecular complexity index is 1490. The molecule has 2 atom stereocenters. The number of benzene rings is 4. The van der Waals surface area contributed by atoms with Gasteiger partial charge in [-0.15, -0.1) is 0 Å². The van der Waals surface area contributed by atoms with Crippen LogP contribution in [0.2, 0.25) is 0 Å². The molecule has 0 unspecified atom stereocenters. The number of carbonyl (C=O) groups is 3. The summed E-state index contributed by atoms with van der Waals surface area (Å²) in [5.41, 5.74) is 3.67. The molecule has 0 aromatic heterocycles. The minimum atomic E-state index is -0.822. The van der Waals surface area contributed by atoms with Gasteiger partial charge in [-0.05, 0) is 41.0 Å². The maximum atomic E-state index is 13.5. The third kappa shape index (κ3) is 4.99. The van der Waals surface area contributed by atoms with Crippen LogP contribution in [0, 0.1) is 0 Å². The lowest BCUT2D eigenvalue weighted by molar-refractivity contribution is -0.153. The van der Waals surface area contributed by atoms with E-state index >= 15 is 0 Å². The summed E-state index contributed by atoms with van der Waals surface area (Å²) in [5.74, 6) is -0.395. The van der Waals surface area contributed by atoms with Crippen molar-refractivity contribution in [1.29, 1.82) is 0 Å². The predicted molar refractivity (Wildman–Crippen MR) is 148 cm³/mol. The minimum absolute atomic E-state index is 0.246. The number of imide groups is 1. The van der Waals surface area contributed by atoms with Crippen molar-refractivity contribution in [3.8, 4) is 5.75 Å².